The smallest absolute Gasteiger partial charge is 0.243 e. The third kappa shape index (κ3) is 7.91. The zero-order chi connectivity index (χ0) is 20.2. The van der Waals surface area contributed by atoms with Crippen molar-refractivity contribution in [3.05, 3.63) is 48.5 Å². The molecule has 0 saturated carbocycles. The van der Waals surface area contributed by atoms with E-state index in [2.05, 4.69) is 17.6 Å². The normalized spacial score (nSPS) is 10.6. The van der Waals surface area contributed by atoms with Crippen molar-refractivity contribution < 1.29 is 14.3 Å². The van der Waals surface area contributed by atoms with E-state index in [1.807, 2.05) is 62.4 Å². The molecule has 2 N–H and O–H groups in total. The van der Waals surface area contributed by atoms with Crippen LogP contribution in [0.3, 0.4) is 0 Å². The van der Waals surface area contributed by atoms with Gasteiger partial charge in [0.15, 0.2) is 0 Å². The highest BCUT2D eigenvalue weighted by Gasteiger charge is 2.08. The Labute approximate surface area is 168 Å². The summed E-state index contributed by atoms with van der Waals surface area (Å²) in [4.78, 5) is 12.3. The maximum absolute atomic E-state index is 12.3. The maximum Gasteiger partial charge on any atom is 0.243 e. The van der Waals surface area contributed by atoms with E-state index in [-0.39, 0.29) is 18.6 Å². The van der Waals surface area contributed by atoms with Crippen LogP contribution in [0.2, 0.25) is 0 Å². The van der Waals surface area contributed by atoms with E-state index in [0.29, 0.717) is 11.4 Å². The van der Waals surface area contributed by atoms with Crippen LogP contribution in [0, 0.1) is 0 Å². The van der Waals surface area contributed by atoms with Gasteiger partial charge in [0.2, 0.25) is 5.91 Å². The average Bonchev–Trinajstić information content (AvgIpc) is 2.68. The van der Waals surface area contributed by atoms with Crippen LogP contribution in [0.5, 0.6) is 11.5 Å². The van der Waals surface area contributed by atoms with E-state index in [0.717, 1.165) is 24.5 Å². The molecule has 2 rings (SSSR count). The number of anilines is 2. The summed E-state index contributed by atoms with van der Waals surface area (Å²) in [5.74, 6) is 1.40. The molecule has 0 aliphatic carbocycles. The fourth-order valence-corrected chi connectivity index (χ4v) is 2.69. The molecule has 0 aliphatic rings. The van der Waals surface area contributed by atoms with Gasteiger partial charge in [-0.05, 0) is 56.7 Å². The van der Waals surface area contributed by atoms with Gasteiger partial charge in [-0.25, -0.2) is 0 Å². The van der Waals surface area contributed by atoms with Crippen molar-refractivity contribution in [2.45, 2.75) is 52.6 Å². The molecule has 0 spiro atoms. The average molecular weight is 385 g/mol. The molecule has 0 aliphatic heterocycles. The van der Waals surface area contributed by atoms with Gasteiger partial charge in [0.25, 0.3) is 0 Å². The summed E-state index contributed by atoms with van der Waals surface area (Å²) in [6.07, 6.45) is 4.81. The van der Waals surface area contributed by atoms with E-state index in [1.165, 1.54) is 19.3 Å². The molecule has 5 nitrogen and oxygen atoms in total. The number of rotatable bonds is 12. The van der Waals surface area contributed by atoms with Gasteiger partial charge in [-0.2, -0.15) is 0 Å². The van der Waals surface area contributed by atoms with Gasteiger partial charge < -0.3 is 20.1 Å². The lowest BCUT2D eigenvalue weighted by Crippen LogP contribution is -2.22. The Morgan fingerprint density at radius 1 is 1.00 bits per heavy atom. The number of carbonyl (C=O) groups is 1. The lowest BCUT2D eigenvalue weighted by molar-refractivity contribution is -0.114. The summed E-state index contributed by atoms with van der Waals surface area (Å²) in [6.45, 7) is 7.03. The van der Waals surface area contributed by atoms with Crippen LogP contribution in [0.4, 0.5) is 11.4 Å². The molecule has 0 heterocycles. The molecule has 28 heavy (non-hydrogen) atoms. The van der Waals surface area contributed by atoms with Crippen LogP contribution in [0.25, 0.3) is 0 Å². The Kier molecular flexibility index (Phi) is 9.19. The number of amides is 1. The van der Waals surface area contributed by atoms with Crippen molar-refractivity contribution in [2.75, 3.05) is 23.8 Å². The first-order valence-electron chi connectivity index (χ1n) is 10.1. The predicted molar refractivity (Wildman–Crippen MR) is 115 cm³/mol. The Morgan fingerprint density at radius 3 is 2.46 bits per heavy atom. The van der Waals surface area contributed by atoms with Crippen molar-refractivity contribution >= 4 is 17.3 Å². The number of carbonyl (C=O) groups excluding carboxylic acids is 1. The van der Waals surface area contributed by atoms with Gasteiger partial charge in [-0.1, -0.05) is 38.3 Å². The lowest BCUT2D eigenvalue weighted by atomic mass is 10.2. The summed E-state index contributed by atoms with van der Waals surface area (Å²) in [5.41, 5.74) is 1.55. The first-order valence-corrected chi connectivity index (χ1v) is 10.1. The zero-order valence-corrected chi connectivity index (χ0v) is 17.2. The van der Waals surface area contributed by atoms with Crippen molar-refractivity contribution in [3.8, 4) is 11.5 Å². The Balaban J connectivity index is 1.77. The highest BCUT2D eigenvalue weighted by Crippen LogP contribution is 2.24. The molecule has 0 saturated heterocycles. The molecular formula is C23H32N2O3. The van der Waals surface area contributed by atoms with Crippen LogP contribution < -0.4 is 20.1 Å². The van der Waals surface area contributed by atoms with Crippen molar-refractivity contribution in [3.63, 3.8) is 0 Å². The van der Waals surface area contributed by atoms with Gasteiger partial charge in [-0.3, -0.25) is 4.79 Å². The second-order valence-electron chi connectivity index (χ2n) is 7.00. The molecule has 1 amide bonds. The van der Waals surface area contributed by atoms with Gasteiger partial charge in [0, 0.05) is 5.69 Å². The number of ether oxygens (including phenoxy) is 2. The molecule has 152 valence electrons. The summed E-state index contributed by atoms with van der Waals surface area (Å²) < 4.78 is 11.5. The molecule has 2 aromatic rings. The quantitative estimate of drug-likeness (QED) is 0.476. The Hall–Kier alpha value is -2.69. The van der Waals surface area contributed by atoms with Crippen LogP contribution in [-0.2, 0) is 4.79 Å². The van der Waals surface area contributed by atoms with Crippen molar-refractivity contribution in [1.29, 1.82) is 0 Å². The van der Waals surface area contributed by atoms with Gasteiger partial charge in [-0.15, -0.1) is 0 Å². The minimum absolute atomic E-state index is 0.0450. The van der Waals surface area contributed by atoms with Crippen LogP contribution >= 0.6 is 0 Å². The molecule has 0 atom stereocenters. The van der Waals surface area contributed by atoms with E-state index < -0.39 is 0 Å². The highest BCUT2D eigenvalue weighted by molar-refractivity contribution is 5.95. The van der Waals surface area contributed by atoms with Crippen molar-refractivity contribution in [2.24, 2.45) is 0 Å². The highest BCUT2D eigenvalue weighted by atomic mass is 16.5. The number of hydrogen-bond acceptors (Lipinski definition) is 4. The van der Waals surface area contributed by atoms with E-state index in [9.17, 15) is 4.79 Å². The number of unbranched alkanes of at least 4 members (excludes halogenated alkanes) is 3. The second-order valence-corrected chi connectivity index (χ2v) is 7.00. The third-order valence-corrected chi connectivity index (χ3v) is 4.10. The number of benzene rings is 2. The van der Waals surface area contributed by atoms with Crippen LogP contribution in [-0.4, -0.2) is 25.2 Å². The predicted octanol–water partition coefficient (Wildman–Crippen LogP) is 5.48. The second kappa shape index (κ2) is 11.9. The van der Waals surface area contributed by atoms with E-state index >= 15 is 0 Å². The molecule has 5 heteroatoms. The first-order chi connectivity index (χ1) is 13.6. The third-order valence-electron chi connectivity index (χ3n) is 4.10. The summed E-state index contributed by atoms with van der Waals surface area (Å²) in [7, 11) is 0. The number of para-hydroxylation sites is 2. The summed E-state index contributed by atoms with van der Waals surface area (Å²) in [5, 5.41) is 6.02. The van der Waals surface area contributed by atoms with E-state index in [1.54, 1.807) is 0 Å². The number of nitrogens with one attached hydrogen (secondary N) is 2. The van der Waals surface area contributed by atoms with Gasteiger partial charge in [0.05, 0.1) is 24.9 Å². The Bertz CT molecular complexity index is 714. The van der Waals surface area contributed by atoms with Gasteiger partial charge >= 0.3 is 0 Å². The van der Waals surface area contributed by atoms with E-state index in [4.69, 9.17) is 9.47 Å². The van der Waals surface area contributed by atoms with Gasteiger partial charge in [0.1, 0.15) is 11.5 Å². The Morgan fingerprint density at radius 2 is 1.75 bits per heavy atom. The van der Waals surface area contributed by atoms with Crippen LogP contribution in [0.15, 0.2) is 48.5 Å². The molecular weight excluding hydrogens is 352 g/mol. The minimum atomic E-state index is -0.129. The largest absolute Gasteiger partial charge is 0.494 e. The molecule has 0 unspecified atom stereocenters. The summed E-state index contributed by atoms with van der Waals surface area (Å²) >= 11 is 0. The fraction of sp³-hybridized carbons (Fsp3) is 0.435. The SMILES string of the molecule is CCCCCCOc1ccc(NCC(=O)Nc2ccccc2OC(C)C)cc1. The monoisotopic (exact) mass is 384 g/mol. The first kappa shape index (κ1) is 21.6. The van der Waals surface area contributed by atoms with Crippen molar-refractivity contribution in [1.82, 2.24) is 0 Å². The molecule has 0 radical (unpaired) electrons. The summed E-state index contributed by atoms with van der Waals surface area (Å²) in [6, 6.07) is 15.1. The van der Waals surface area contributed by atoms with Crippen LogP contribution in [0.1, 0.15) is 46.5 Å². The molecule has 2 aromatic carbocycles. The fourth-order valence-electron chi connectivity index (χ4n) is 2.69. The lowest BCUT2D eigenvalue weighted by Gasteiger charge is -2.15. The standard InChI is InChI=1S/C23H32N2O3/c1-4-5-6-9-16-27-20-14-12-19(13-15-20)24-17-23(26)25-21-10-7-8-11-22(21)28-18(2)3/h7-8,10-15,18,24H,4-6,9,16-17H2,1-3H3,(H,25,26). The minimum Gasteiger partial charge on any atom is -0.494 e. The maximum atomic E-state index is 12.3. The zero-order valence-electron chi connectivity index (χ0n) is 17.2. The number of hydrogen-bond donors (Lipinski definition) is 2. The molecule has 0 aromatic heterocycles. The topological polar surface area (TPSA) is 59.6 Å². The molecule has 0 bridgehead atoms. The molecule has 0 fully saturated rings.